The number of rotatable bonds is 8. The molecular weight excluding hydrogens is 340 g/mol. The highest BCUT2D eigenvalue weighted by Crippen LogP contribution is 2.33. The fourth-order valence-electron chi connectivity index (χ4n) is 3.20. The van der Waals surface area contributed by atoms with Crippen molar-refractivity contribution in [3.63, 3.8) is 0 Å². The van der Waals surface area contributed by atoms with Crippen molar-refractivity contribution in [2.75, 3.05) is 18.4 Å². The molecule has 0 aliphatic heterocycles. The van der Waals surface area contributed by atoms with Gasteiger partial charge in [-0.2, -0.15) is 0 Å². The molecule has 1 aromatic carbocycles. The molecule has 3 rings (SSSR count). The Hall–Kier alpha value is -2.68. The van der Waals surface area contributed by atoms with Crippen LogP contribution in [0.5, 0.6) is 0 Å². The lowest BCUT2D eigenvalue weighted by Crippen LogP contribution is -2.55. The van der Waals surface area contributed by atoms with Crippen LogP contribution in [0.2, 0.25) is 0 Å². The van der Waals surface area contributed by atoms with Crippen molar-refractivity contribution in [1.29, 1.82) is 0 Å². The number of carbonyl (C=O) groups is 2. The van der Waals surface area contributed by atoms with Gasteiger partial charge in [0.2, 0.25) is 0 Å². The van der Waals surface area contributed by atoms with E-state index in [2.05, 4.69) is 10.6 Å². The van der Waals surface area contributed by atoms with Gasteiger partial charge in [-0.3, -0.25) is 19.8 Å². The maximum absolute atomic E-state index is 12.0. The number of nitro groups is 1. The number of non-ortho nitro benzene ring substituents is 1. The molecule has 2 aliphatic rings. The molecule has 0 spiro atoms. The van der Waals surface area contributed by atoms with Gasteiger partial charge in [-0.1, -0.05) is 6.07 Å². The van der Waals surface area contributed by atoms with Gasteiger partial charge in [0.1, 0.15) is 0 Å². The minimum atomic E-state index is -0.828. The van der Waals surface area contributed by atoms with Gasteiger partial charge in [0, 0.05) is 36.4 Å². The molecule has 0 radical (unpaired) electrons. The number of aliphatic carboxylic acids is 1. The first-order valence-corrected chi connectivity index (χ1v) is 8.68. The zero-order chi connectivity index (χ0) is 18.7. The zero-order valence-corrected chi connectivity index (χ0v) is 14.3. The van der Waals surface area contributed by atoms with E-state index >= 15 is 0 Å². The lowest BCUT2D eigenvalue weighted by atomic mass is 9.85. The maximum atomic E-state index is 12.0. The predicted octanol–water partition coefficient (Wildman–Crippen LogP) is 2.04. The quantitative estimate of drug-likeness (QED) is 0.480. The minimum Gasteiger partial charge on any atom is -0.480 e. The van der Waals surface area contributed by atoms with Gasteiger partial charge in [-0.05, 0) is 37.7 Å². The molecule has 2 amide bonds. The molecule has 0 atom stereocenters. The Bertz CT molecular complexity index is 700. The summed E-state index contributed by atoms with van der Waals surface area (Å²) in [7, 11) is 0. The Morgan fingerprint density at radius 1 is 1.31 bits per heavy atom. The Morgan fingerprint density at radius 3 is 2.65 bits per heavy atom. The van der Waals surface area contributed by atoms with E-state index in [1.165, 1.54) is 18.2 Å². The normalized spacial score (nSPS) is 21.7. The Morgan fingerprint density at radius 2 is 2.04 bits per heavy atom. The van der Waals surface area contributed by atoms with Crippen LogP contribution in [0.4, 0.5) is 16.2 Å². The highest BCUT2D eigenvalue weighted by Gasteiger charge is 2.37. The zero-order valence-electron chi connectivity index (χ0n) is 14.3. The van der Waals surface area contributed by atoms with E-state index in [9.17, 15) is 19.7 Å². The Balaban J connectivity index is 1.45. The molecule has 2 aliphatic carbocycles. The summed E-state index contributed by atoms with van der Waals surface area (Å²) in [5.74, 6) is -0.219. The SMILES string of the molecule is O=C(O)CN(CC1CC1)C1CC(NC(=O)Nc2cccc([N+](=O)[O-])c2)C1. The average molecular weight is 362 g/mol. The number of nitrogens with one attached hydrogen (secondary N) is 2. The fraction of sp³-hybridized carbons (Fsp3) is 0.529. The van der Waals surface area contributed by atoms with Crippen LogP contribution in [0.15, 0.2) is 24.3 Å². The first kappa shape index (κ1) is 18.1. The van der Waals surface area contributed by atoms with E-state index in [4.69, 9.17) is 5.11 Å². The van der Waals surface area contributed by atoms with Crippen LogP contribution in [-0.2, 0) is 4.79 Å². The lowest BCUT2D eigenvalue weighted by Gasteiger charge is -2.42. The highest BCUT2D eigenvalue weighted by atomic mass is 16.6. The van der Waals surface area contributed by atoms with Crippen LogP contribution in [0.25, 0.3) is 0 Å². The molecule has 0 bridgehead atoms. The molecule has 2 saturated carbocycles. The number of hydrogen-bond donors (Lipinski definition) is 3. The molecule has 0 aromatic heterocycles. The summed E-state index contributed by atoms with van der Waals surface area (Å²) >= 11 is 0. The van der Waals surface area contributed by atoms with Crippen LogP contribution in [-0.4, -0.2) is 52.1 Å². The van der Waals surface area contributed by atoms with Gasteiger partial charge >= 0.3 is 12.0 Å². The van der Waals surface area contributed by atoms with Gasteiger partial charge < -0.3 is 15.7 Å². The summed E-state index contributed by atoms with van der Waals surface area (Å²) < 4.78 is 0. The van der Waals surface area contributed by atoms with Crippen LogP contribution in [0, 0.1) is 16.0 Å². The summed E-state index contributed by atoms with van der Waals surface area (Å²) in [4.78, 5) is 35.3. The predicted molar refractivity (Wildman–Crippen MR) is 94.0 cm³/mol. The van der Waals surface area contributed by atoms with Gasteiger partial charge in [-0.25, -0.2) is 4.79 Å². The number of nitrogens with zero attached hydrogens (tertiary/aromatic N) is 2. The van der Waals surface area contributed by atoms with Crippen molar-refractivity contribution in [2.45, 2.75) is 37.8 Å². The smallest absolute Gasteiger partial charge is 0.319 e. The molecule has 0 heterocycles. The van der Waals surface area contributed by atoms with Crippen molar-refractivity contribution < 1.29 is 19.6 Å². The van der Waals surface area contributed by atoms with Crippen molar-refractivity contribution in [3.8, 4) is 0 Å². The third-order valence-corrected chi connectivity index (χ3v) is 4.81. The number of hydrogen-bond acceptors (Lipinski definition) is 5. The average Bonchev–Trinajstić information content (AvgIpc) is 3.33. The third kappa shape index (κ3) is 4.92. The topological polar surface area (TPSA) is 125 Å². The number of anilines is 1. The van der Waals surface area contributed by atoms with Gasteiger partial charge in [-0.15, -0.1) is 0 Å². The lowest BCUT2D eigenvalue weighted by molar-refractivity contribution is -0.384. The molecule has 0 unspecified atom stereocenters. The molecular formula is C17H22N4O5. The molecule has 1 aromatic rings. The molecule has 26 heavy (non-hydrogen) atoms. The van der Waals surface area contributed by atoms with Crippen molar-refractivity contribution in [2.24, 2.45) is 5.92 Å². The van der Waals surface area contributed by atoms with Gasteiger partial charge in [0.15, 0.2) is 0 Å². The van der Waals surface area contributed by atoms with Crippen LogP contribution in [0.3, 0.4) is 0 Å². The van der Waals surface area contributed by atoms with E-state index in [0.29, 0.717) is 24.4 Å². The van der Waals surface area contributed by atoms with E-state index in [1.54, 1.807) is 6.07 Å². The molecule has 0 saturated heterocycles. The summed E-state index contributed by atoms with van der Waals surface area (Å²) in [5, 5.41) is 25.2. The maximum Gasteiger partial charge on any atom is 0.319 e. The second-order valence-electron chi connectivity index (χ2n) is 6.99. The number of urea groups is 1. The van der Waals surface area contributed by atoms with E-state index in [-0.39, 0.29) is 24.3 Å². The van der Waals surface area contributed by atoms with Crippen LogP contribution >= 0.6 is 0 Å². The van der Waals surface area contributed by atoms with Gasteiger partial charge in [0.25, 0.3) is 5.69 Å². The second kappa shape index (κ2) is 7.69. The van der Waals surface area contributed by atoms with Crippen LogP contribution < -0.4 is 10.6 Å². The second-order valence-corrected chi connectivity index (χ2v) is 6.99. The first-order valence-electron chi connectivity index (χ1n) is 8.68. The van der Waals surface area contributed by atoms with Gasteiger partial charge in [0.05, 0.1) is 11.5 Å². The standard InChI is InChI=1S/C17H22N4O5/c22-16(23)10-20(9-11-4-5-11)15-7-13(8-15)19-17(24)18-12-2-1-3-14(6-12)21(25)26/h1-3,6,11,13,15H,4-5,7-10H2,(H,22,23)(H2,18,19,24). The largest absolute Gasteiger partial charge is 0.480 e. The third-order valence-electron chi connectivity index (χ3n) is 4.81. The number of carboxylic acids is 1. The molecule has 9 heteroatoms. The molecule has 9 nitrogen and oxygen atoms in total. The monoisotopic (exact) mass is 362 g/mol. The van der Waals surface area contributed by atoms with E-state index < -0.39 is 16.9 Å². The number of amides is 2. The highest BCUT2D eigenvalue weighted by molar-refractivity contribution is 5.89. The Kier molecular flexibility index (Phi) is 5.36. The summed E-state index contributed by atoms with van der Waals surface area (Å²) in [5.41, 5.74) is 0.268. The van der Waals surface area contributed by atoms with E-state index in [0.717, 1.165) is 19.4 Å². The van der Waals surface area contributed by atoms with Crippen LogP contribution in [0.1, 0.15) is 25.7 Å². The summed E-state index contributed by atoms with van der Waals surface area (Å²) in [6.07, 6.45) is 3.75. The van der Waals surface area contributed by atoms with Crippen molar-refractivity contribution in [3.05, 3.63) is 34.4 Å². The number of carboxylic acid groups (broad SMARTS) is 1. The molecule has 2 fully saturated rings. The summed E-state index contributed by atoms with van der Waals surface area (Å²) in [6.45, 7) is 0.845. The molecule has 140 valence electrons. The number of nitro benzene ring substituents is 1. The molecule has 3 N–H and O–H groups in total. The minimum absolute atomic E-state index is 0.0193. The van der Waals surface area contributed by atoms with E-state index in [1.807, 2.05) is 4.90 Å². The Labute approximate surface area is 150 Å². The number of benzene rings is 1. The first-order chi connectivity index (χ1) is 12.4. The van der Waals surface area contributed by atoms with Crippen molar-refractivity contribution in [1.82, 2.24) is 10.2 Å². The van der Waals surface area contributed by atoms with Crippen molar-refractivity contribution >= 4 is 23.4 Å². The summed E-state index contributed by atoms with van der Waals surface area (Å²) in [6, 6.07) is 5.49. The fourth-order valence-corrected chi connectivity index (χ4v) is 3.20. The number of carbonyl (C=O) groups excluding carboxylic acids is 1.